The summed E-state index contributed by atoms with van der Waals surface area (Å²) in [5.74, 6) is 0. The number of aromatic nitrogens is 1. The van der Waals surface area contributed by atoms with Crippen molar-refractivity contribution in [1.29, 1.82) is 0 Å². The maximum absolute atomic E-state index is 5.97. The molecule has 0 aliphatic carbocycles. The van der Waals surface area contributed by atoms with Gasteiger partial charge in [0.15, 0.2) is 0 Å². The van der Waals surface area contributed by atoms with Crippen LogP contribution in [0.5, 0.6) is 0 Å². The van der Waals surface area contributed by atoms with Gasteiger partial charge in [0.05, 0.1) is 0 Å². The van der Waals surface area contributed by atoms with Crippen molar-refractivity contribution in [2.45, 2.75) is 38.8 Å². The van der Waals surface area contributed by atoms with E-state index in [-0.39, 0.29) is 6.04 Å². The van der Waals surface area contributed by atoms with Gasteiger partial charge in [-0.15, -0.1) is 0 Å². The summed E-state index contributed by atoms with van der Waals surface area (Å²) in [7, 11) is 0. The van der Waals surface area contributed by atoms with Crippen LogP contribution in [0.3, 0.4) is 0 Å². The molecule has 0 fully saturated rings. The second kappa shape index (κ2) is 7.41. The molecule has 0 spiro atoms. The highest BCUT2D eigenvalue weighted by Gasteiger charge is 2.14. The van der Waals surface area contributed by atoms with Gasteiger partial charge in [-0.1, -0.05) is 43.1 Å². The van der Waals surface area contributed by atoms with Gasteiger partial charge in [0, 0.05) is 29.5 Å². The Morgan fingerprint density at radius 3 is 2.50 bits per heavy atom. The summed E-state index contributed by atoms with van der Waals surface area (Å²) >= 11 is 5.97. The van der Waals surface area contributed by atoms with E-state index in [4.69, 9.17) is 11.6 Å². The fraction of sp³-hybridized carbons (Fsp3) is 0.353. The quantitative estimate of drug-likeness (QED) is 0.815. The fourth-order valence-electron chi connectivity index (χ4n) is 2.36. The van der Waals surface area contributed by atoms with Crippen LogP contribution in [-0.4, -0.2) is 4.98 Å². The van der Waals surface area contributed by atoms with Gasteiger partial charge in [0.1, 0.15) is 0 Å². The van der Waals surface area contributed by atoms with Gasteiger partial charge in [-0.3, -0.25) is 4.98 Å². The molecule has 0 aliphatic rings. The molecule has 0 saturated carbocycles. The first kappa shape index (κ1) is 15.0. The van der Waals surface area contributed by atoms with Crippen molar-refractivity contribution in [2.75, 3.05) is 0 Å². The molecule has 0 bridgehead atoms. The van der Waals surface area contributed by atoms with E-state index in [9.17, 15) is 0 Å². The third-order valence-electron chi connectivity index (χ3n) is 3.49. The Bertz CT molecular complexity index is 510. The van der Waals surface area contributed by atoms with E-state index in [1.54, 1.807) is 6.20 Å². The molecule has 2 nitrogen and oxygen atoms in total. The summed E-state index contributed by atoms with van der Waals surface area (Å²) in [4.78, 5) is 4.19. The third-order valence-corrected chi connectivity index (χ3v) is 3.74. The Labute approximate surface area is 126 Å². The molecule has 0 amide bonds. The van der Waals surface area contributed by atoms with Crippen molar-refractivity contribution >= 4 is 11.6 Å². The van der Waals surface area contributed by atoms with Crippen molar-refractivity contribution in [1.82, 2.24) is 10.3 Å². The molecule has 20 heavy (non-hydrogen) atoms. The van der Waals surface area contributed by atoms with Crippen molar-refractivity contribution in [2.24, 2.45) is 0 Å². The zero-order chi connectivity index (χ0) is 14.4. The van der Waals surface area contributed by atoms with Crippen LogP contribution in [-0.2, 0) is 0 Å². The predicted octanol–water partition coefficient (Wildman–Crippen LogP) is 4.93. The molecule has 0 saturated heterocycles. The lowest BCUT2D eigenvalue weighted by Gasteiger charge is -2.23. The number of hydrogen-bond acceptors (Lipinski definition) is 2. The molecule has 1 aromatic carbocycles. The van der Waals surface area contributed by atoms with Crippen LogP contribution in [0, 0.1) is 0 Å². The van der Waals surface area contributed by atoms with Gasteiger partial charge in [-0.2, -0.15) is 0 Å². The first-order chi connectivity index (χ1) is 9.70. The van der Waals surface area contributed by atoms with E-state index in [1.165, 1.54) is 11.1 Å². The normalized spacial score (nSPS) is 13.9. The average Bonchev–Trinajstić information content (AvgIpc) is 2.48. The molecule has 2 rings (SSSR count). The standard InChI is InChI=1S/C17H21ClN2/c1-3-5-17(14-7-9-16(18)10-8-14)20-13(2)15-6-4-11-19-12-15/h4,6-13,17,20H,3,5H2,1-2H3/t13-,17?/m0/s1. The number of benzene rings is 1. The largest absolute Gasteiger partial charge is 0.303 e. The minimum Gasteiger partial charge on any atom is -0.303 e. The first-order valence-corrected chi connectivity index (χ1v) is 7.50. The number of nitrogens with one attached hydrogen (secondary N) is 1. The van der Waals surface area contributed by atoms with Crippen LogP contribution in [0.15, 0.2) is 48.8 Å². The Hall–Kier alpha value is -1.38. The third kappa shape index (κ3) is 4.06. The van der Waals surface area contributed by atoms with Gasteiger partial charge in [-0.25, -0.2) is 0 Å². The summed E-state index contributed by atoms with van der Waals surface area (Å²) in [5, 5.41) is 4.47. The van der Waals surface area contributed by atoms with Crippen LogP contribution in [0.2, 0.25) is 5.02 Å². The van der Waals surface area contributed by atoms with E-state index in [2.05, 4.69) is 42.3 Å². The van der Waals surface area contributed by atoms with Crippen molar-refractivity contribution in [3.63, 3.8) is 0 Å². The number of pyridine rings is 1. The molecule has 1 unspecified atom stereocenters. The molecule has 2 aromatic rings. The van der Waals surface area contributed by atoms with Crippen LogP contribution < -0.4 is 5.32 Å². The fourth-order valence-corrected chi connectivity index (χ4v) is 2.49. The van der Waals surface area contributed by atoms with Crippen molar-refractivity contribution < 1.29 is 0 Å². The van der Waals surface area contributed by atoms with E-state index in [0.717, 1.165) is 17.9 Å². The van der Waals surface area contributed by atoms with E-state index >= 15 is 0 Å². The summed E-state index contributed by atoms with van der Waals surface area (Å²) in [6, 6.07) is 12.8. The molecule has 1 N–H and O–H groups in total. The summed E-state index contributed by atoms with van der Waals surface area (Å²) in [6.45, 7) is 4.38. The first-order valence-electron chi connectivity index (χ1n) is 7.12. The minimum absolute atomic E-state index is 0.274. The Morgan fingerprint density at radius 1 is 1.15 bits per heavy atom. The summed E-state index contributed by atoms with van der Waals surface area (Å²) in [5.41, 5.74) is 2.49. The molecule has 0 aliphatic heterocycles. The topological polar surface area (TPSA) is 24.9 Å². The molecule has 0 radical (unpaired) electrons. The molecule has 3 heteroatoms. The minimum atomic E-state index is 0.274. The maximum Gasteiger partial charge on any atom is 0.0406 e. The second-order valence-electron chi connectivity index (χ2n) is 5.07. The Morgan fingerprint density at radius 2 is 1.90 bits per heavy atom. The highest BCUT2D eigenvalue weighted by Crippen LogP contribution is 2.24. The zero-order valence-electron chi connectivity index (χ0n) is 12.0. The van der Waals surface area contributed by atoms with Gasteiger partial charge in [0.25, 0.3) is 0 Å². The van der Waals surface area contributed by atoms with Crippen LogP contribution in [0.25, 0.3) is 0 Å². The van der Waals surface area contributed by atoms with E-state index < -0.39 is 0 Å². The molecule has 106 valence electrons. The lowest BCUT2D eigenvalue weighted by molar-refractivity contribution is 0.439. The summed E-state index contributed by atoms with van der Waals surface area (Å²) in [6.07, 6.45) is 5.97. The Kier molecular flexibility index (Phi) is 5.57. The second-order valence-corrected chi connectivity index (χ2v) is 5.50. The summed E-state index contributed by atoms with van der Waals surface area (Å²) < 4.78 is 0. The predicted molar refractivity (Wildman–Crippen MR) is 84.9 cm³/mol. The highest BCUT2D eigenvalue weighted by atomic mass is 35.5. The lowest BCUT2D eigenvalue weighted by Crippen LogP contribution is -2.24. The number of hydrogen-bond donors (Lipinski definition) is 1. The number of rotatable bonds is 6. The van der Waals surface area contributed by atoms with Gasteiger partial charge in [0.2, 0.25) is 0 Å². The maximum atomic E-state index is 5.97. The van der Waals surface area contributed by atoms with Crippen molar-refractivity contribution in [3.8, 4) is 0 Å². The average molecular weight is 289 g/mol. The van der Waals surface area contributed by atoms with Crippen molar-refractivity contribution in [3.05, 3.63) is 64.9 Å². The smallest absolute Gasteiger partial charge is 0.0406 e. The van der Waals surface area contributed by atoms with E-state index in [1.807, 2.05) is 24.4 Å². The molecular weight excluding hydrogens is 268 g/mol. The number of halogens is 1. The highest BCUT2D eigenvalue weighted by molar-refractivity contribution is 6.30. The molecular formula is C17H21ClN2. The van der Waals surface area contributed by atoms with Gasteiger partial charge >= 0.3 is 0 Å². The SMILES string of the molecule is CCCC(N[C@@H](C)c1cccnc1)c1ccc(Cl)cc1. The molecule has 2 atom stereocenters. The van der Waals surface area contributed by atoms with E-state index in [0.29, 0.717) is 6.04 Å². The van der Waals surface area contributed by atoms with Crippen LogP contribution in [0.4, 0.5) is 0 Å². The molecule has 1 aromatic heterocycles. The zero-order valence-corrected chi connectivity index (χ0v) is 12.8. The number of nitrogens with zero attached hydrogens (tertiary/aromatic N) is 1. The monoisotopic (exact) mass is 288 g/mol. The molecule has 1 heterocycles. The van der Waals surface area contributed by atoms with Gasteiger partial charge < -0.3 is 5.32 Å². The lowest BCUT2D eigenvalue weighted by atomic mass is 10.00. The van der Waals surface area contributed by atoms with Crippen LogP contribution >= 0.6 is 11.6 Å². The van der Waals surface area contributed by atoms with Gasteiger partial charge in [-0.05, 0) is 42.7 Å². The Balaban J connectivity index is 2.11. The van der Waals surface area contributed by atoms with Crippen LogP contribution in [0.1, 0.15) is 49.9 Å².